The van der Waals surface area contributed by atoms with E-state index in [1.807, 2.05) is 11.8 Å². The summed E-state index contributed by atoms with van der Waals surface area (Å²) < 4.78 is 0. The molecule has 3 atom stereocenters. The Labute approximate surface area is 109 Å². The zero-order valence-electron chi connectivity index (χ0n) is 11.1. The average Bonchev–Trinajstić information content (AvgIpc) is 2.40. The van der Waals surface area contributed by atoms with Gasteiger partial charge in [0, 0.05) is 25.0 Å². The van der Waals surface area contributed by atoms with Crippen molar-refractivity contribution in [2.45, 2.75) is 51.2 Å². The Hall–Kier alpha value is -1.03. The van der Waals surface area contributed by atoms with Gasteiger partial charge in [0.25, 0.3) is 0 Å². The van der Waals surface area contributed by atoms with Crippen LogP contribution in [0.15, 0.2) is 12.2 Å². The van der Waals surface area contributed by atoms with Crippen LogP contribution in [0.3, 0.4) is 0 Å². The topological polar surface area (TPSA) is 52.6 Å². The van der Waals surface area contributed by atoms with Crippen molar-refractivity contribution in [1.82, 2.24) is 10.2 Å². The molecule has 0 saturated carbocycles. The lowest BCUT2D eigenvalue weighted by Gasteiger charge is -2.35. The van der Waals surface area contributed by atoms with Gasteiger partial charge >= 0.3 is 6.03 Å². The summed E-state index contributed by atoms with van der Waals surface area (Å²) in [7, 11) is 0. The first-order chi connectivity index (χ1) is 8.66. The summed E-state index contributed by atoms with van der Waals surface area (Å²) in [6.45, 7) is 3.31. The van der Waals surface area contributed by atoms with Crippen molar-refractivity contribution < 1.29 is 9.90 Å². The second-order valence-electron chi connectivity index (χ2n) is 5.50. The number of hydrogen-bond donors (Lipinski definition) is 2. The molecule has 1 fully saturated rings. The molecular formula is C14H24N2O2. The van der Waals surface area contributed by atoms with Gasteiger partial charge in [0.15, 0.2) is 0 Å². The minimum Gasteiger partial charge on any atom is -0.393 e. The molecule has 2 rings (SSSR count). The fraction of sp³-hybridized carbons (Fsp3) is 0.786. The van der Waals surface area contributed by atoms with Crippen LogP contribution in [-0.2, 0) is 0 Å². The van der Waals surface area contributed by atoms with Crippen LogP contribution < -0.4 is 5.32 Å². The first-order valence-corrected chi connectivity index (χ1v) is 7.07. The van der Waals surface area contributed by atoms with Crippen LogP contribution in [0.25, 0.3) is 0 Å². The Kier molecular flexibility index (Phi) is 4.64. The smallest absolute Gasteiger partial charge is 0.317 e. The molecular weight excluding hydrogens is 228 g/mol. The quantitative estimate of drug-likeness (QED) is 0.737. The van der Waals surface area contributed by atoms with Gasteiger partial charge < -0.3 is 15.3 Å². The maximum absolute atomic E-state index is 12.1. The number of carbonyl (C=O) groups is 1. The number of urea groups is 1. The molecule has 102 valence electrons. The van der Waals surface area contributed by atoms with E-state index in [2.05, 4.69) is 17.5 Å². The van der Waals surface area contributed by atoms with Crippen molar-refractivity contribution in [1.29, 1.82) is 0 Å². The third-order valence-corrected chi connectivity index (χ3v) is 3.99. The molecule has 0 aromatic heterocycles. The maximum Gasteiger partial charge on any atom is 0.317 e. The van der Waals surface area contributed by atoms with Gasteiger partial charge in [0.05, 0.1) is 6.10 Å². The lowest BCUT2D eigenvalue weighted by molar-refractivity contribution is 0.0735. The third-order valence-electron chi connectivity index (χ3n) is 3.99. The minimum absolute atomic E-state index is 0.0249. The molecule has 1 aliphatic carbocycles. The molecule has 0 radical (unpaired) electrons. The van der Waals surface area contributed by atoms with Gasteiger partial charge in [-0.2, -0.15) is 0 Å². The zero-order valence-corrected chi connectivity index (χ0v) is 11.1. The van der Waals surface area contributed by atoms with E-state index in [1.165, 1.54) is 0 Å². The number of likely N-dealkylation sites (tertiary alicyclic amines) is 1. The standard InChI is InChI=1S/C14H24N2O2/c1-11(17)12-6-5-9-16(10-12)14(18)15-13-7-3-2-4-8-13/h3,7,11-13,17H,2,4-6,8-10H2,1H3,(H,15,18). The summed E-state index contributed by atoms with van der Waals surface area (Å²) in [5.74, 6) is 0.228. The van der Waals surface area contributed by atoms with Crippen LogP contribution in [0, 0.1) is 5.92 Å². The highest BCUT2D eigenvalue weighted by Crippen LogP contribution is 2.20. The normalized spacial score (nSPS) is 30.0. The molecule has 3 unspecified atom stereocenters. The van der Waals surface area contributed by atoms with Gasteiger partial charge in [-0.3, -0.25) is 0 Å². The van der Waals surface area contributed by atoms with E-state index in [0.717, 1.165) is 38.6 Å². The predicted octanol–water partition coefficient (Wildman–Crippen LogP) is 1.90. The Morgan fingerprint density at radius 2 is 2.28 bits per heavy atom. The number of hydrogen-bond acceptors (Lipinski definition) is 2. The van der Waals surface area contributed by atoms with Crippen LogP contribution in [0.4, 0.5) is 4.79 Å². The molecule has 1 heterocycles. The molecule has 4 nitrogen and oxygen atoms in total. The fourth-order valence-corrected chi connectivity index (χ4v) is 2.77. The highest BCUT2D eigenvalue weighted by molar-refractivity contribution is 5.74. The van der Waals surface area contributed by atoms with Crippen LogP contribution in [0.5, 0.6) is 0 Å². The summed E-state index contributed by atoms with van der Waals surface area (Å²) in [6.07, 6.45) is 9.23. The summed E-state index contributed by atoms with van der Waals surface area (Å²) in [4.78, 5) is 14.0. The molecule has 4 heteroatoms. The van der Waals surface area contributed by atoms with Crippen LogP contribution in [0.1, 0.15) is 39.0 Å². The number of carbonyl (C=O) groups excluding carboxylic acids is 1. The molecule has 2 amide bonds. The van der Waals surface area contributed by atoms with Crippen molar-refractivity contribution in [3.05, 3.63) is 12.2 Å². The Morgan fingerprint density at radius 3 is 2.94 bits per heavy atom. The van der Waals surface area contributed by atoms with E-state index in [1.54, 1.807) is 0 Å². The number of rotatable bonds is 2. The van der Waals surface area contributed by atoms with E-state index in [4.69, 9.17) is 0 Å². The van der Waals surface area contributed by atoms with Crippen molar-refractivity contribution >= 4 is 6.03 Å². The van der Waals surface area contributed by atoms with E-state index in [-0.39, 0.29) is 24.1 Å². The molecule has 0 bridgehead atoms. The largest absolute Gasteiger partial charge is 0.393 e. The zero-order chi connectivity index (χ0) is 13.0. The number of nitrogens with one attached hydrogen (secondary N) is 1. The summed E-state index contributed by atoms with van der Waals surface area (Å²) >= 11 is 0. The second-order valence-corrected chi connectivity index (χ2v) is 5.50. The van der Waals surface area contributed by atoms with Crippen LogP contribution in [0.2, 0.25) is 0 Å². The summed E-state index contributed by atoms with van der Waals surface area (Å²) in [5, 5.41) is 12.7. The molecule has 0 aromatic carbocycles. The predicted molar refractivity (Wildman–Crippen MR) is 71.3 cm³/mol. The Balaban J connectivity index is 1.84. The van der Waals surface area contributed by atoms with Crippen LogP contribution >= 0.6 is 0 Å². The van der Waals surface area contributed by atoms with E-state index in [9.17, 15) is 9.90 Å². The first-order valence-electron chi connectivity index (χ1n) is 7.07. The number of aliphatic hydroxyl groups is 1. The average molecular weight is 252 g/mol. The molecule has 0 aromatic rings. The molecule has 1 aliphatic heterocycles. The van der Waals surface area contributed by atoms with Gasteiger partial charge in [0.2, 0.25) is 0 Å². The number of nitrogens with zero attached hydrogens (tertiary/aromatic N) is 1. The van der Waals surface area contributed by atoms with Crippen molar-refractivity contribution in [3.63, 3.8) is 0 Å². The number of aliphatic hydroxyl groups excluding tert-OH is 1. The van der Waals surface area contributed by atoms with E-state index in [0.29, 0.717) is 6.54 Å². The minimum atomic E-state index is -0.324. The van der Waals surface area contributed by atoms with Crippen molar-refractivity contribution in [2.24, 2.45) is 5.92 Å². The second kappa shape index (κ2) is 6.23. The molecule has 2 N–H and O–H groups in total. The van der Waals surface area contributed by atoms with Crippen LogP contribution in [-0.4, -0.2) is 41.3 Å². The number of piperidine rings is 1. The molecule has 1 saturated heterocycles. The SMILES string of the molecule is CC(O)C1CCCN(C(=O)NC2C=CCCC2)C1. The number of allylic oxidation sites excluding steroid dienone is 1. The van der Waals surface area contributed by atoms with Gasteiger partial charge in [-0.05, 0) is 39.0 Å². The van der Waals surface area contributed by atoms with Gasteiger partial charge in [-0.15, -0.1) is 0 Å². The van der Waals surface area contributed by atoms with E-state index >= 15 is 0 Å². The van der Waals surface area contributed by atoms with Crippen molar-refractivity contribution in [2.75, 3.05) is 13.1 Å². The van der Waals surface area contributed by atoms with Gasteiger partial charge in [-0.25, -0.2) is 4.79 Å². The Morgan fingerprint density at radius 1 is 1.44 bits per heavy atom. The lowest BCUT2D eigenvalue weighted by Crippen LogP contribution is -2.49. The highest BCUT2D eigenvalue weighted by Gasteiger charge is 2.27. The monoisotopic (exact) mass is 252 g/mol. The number of amides is 2. The molecule has 18 heavy (non-hydrogen) atoms. The van der Waals surface area contributed by atoms with E-state index < -0.39 is 0 Å². The summed E-state index contributed by atoms with van der Waals surface area (Å²) in [6, 6.07) is 0.218. The fourth-order valence-electron chi connectivity index (χ4n) is 2.77. The van der Waals surface area contributed by atoms with Crippen molar-refractivity contribution in [3.8, 4) is 0 Å². The lowest BCUT2D eigenvalue weighted by atomic mass is 9.93. The third kappa shape index (κ3) is 3.48. The first kappa shape index (κ1) is 13.4. The molecule has 2 aliphatic rings. The maximum atomic E-state index is 12.1. The molecule has 0 spiro atoms. The van der Waals surface area contributed by atoms with Gasteiger partial charge in [0.1, 0.15) is 0 Å². The highest BCUT2D eigenvalue weighted by atomic mass is 16.3. The van der Waals surface area contributed by atoms with Gasteiger partial charge in [-0.1, -0.05) is 12.2 Å². The summed E-state index contributed by atoms with van der Waals surface area (Å²) in [5.41, 5.74) is 0. The Bertz CT molecular complexity index is 315.